The van der Waals surface area contributed by atoms with Gasteiger partial charge in [-0.25, -0.2) is 0 Å². The van der Waals surface area contributed by atoms with Gasteiger partial charge in [0.05, 0.1) is 13.1 Å². The molecule has 0 amide bonds. The number of aliphatic hydroxyl groups is 1. The van der Waals surface area contributed by atoms with Crippen LogP contribution in [0.2, 0.25) is 0 Å². The molecule has 1 aromatic rings. The summed E-state index contributed by atoms with van der Waals surface area (Å²) in [5, 5.41) is 10.1. The highest BCUT2D eigenvalue weighted by molar-refractivity contribution is 5.35. The quantitative estimate of drug-likeness (QED) is 0.853. The van der Waals surface area contributed by atoms with Gasteiger partial charge >= 0.3 is 0 Å². The lowest BCUT2D eigenvalue weighted by atomic mass is 9.99. The predicted molar refractivity (Wildman–Crippen MR) is 81.4 cm³/mol. The Hall–Kier alpha value is -1.06. The summed E-state index contributed by atoms with van der Waals surface area (Å²) in [5.74, 6) is 1.74. The van der Waals surface area contributed by atoms with Gasteiger partial charge in [0, 0.05) is 0 Å². The molecule has 0 bridgehead atoms. The molecule has 0 aromatic heterocycles. The van der Waals surface area contributed by atoms with Crippen molar-refractivity contribution in [2.45, 2.75) is 39.7 Å². The van der Waals surface area contributed by atoms with Crippen LogP contribution in [-0.2, 0) is 0 Å². The topological polar surface area (TPSA) is 33.9 Å². The fourth-order valence-corrected chi connectivity index (χ4v) is 2.91. The maximum absolute atomic E-state index is 10.1. The highest BCUT2D eigenvalue weighted by atomic mass is 16.5. The first kappa shape index (κ1) is 15.3. The number of aryl methyl sites for hydroxylation is 2. The van der Waals surface area contributed by atoms with Crippen LogP contribution in [0.25, 0.3) is 0 Å². The van der Waals surface area contributed by atoms with E-state index in [0.717, 1.165) is 23.8 Å². The van der Waals surface area contributed by atoms with Crippen molar-refractivity contribution in [2.75, 3.05) is 26.2 Å². The van der Waals surface area contributed by atoms with Gasteiger partial charge in [-0.15, -0.1) is 0 Å². The van der Waals surface area contributed by atoms with E-state index in [1.54, 1.807) is 0 Å². The average Bonchev–Trinajstić information content (AvgIpc) is 2.40. The number of hydrogen-bond donors (Lipinski definition) is 2. The number of nitrogens with one attached hydrogen (secondary N) is 1. The summed E-state index contributed by atoms with van der Waals surface area (Å²) in [6, 6.07) is 6.15. The molecule has 1 atom stereocenters. The minimum Gasteiger partial charge on any atom is -0.490 e. The maximum atomic E-state index is 10.1. The number of aliphatic hydroxyl groups excluding tert-OH is 1. The molecule has 20 heavy (non-hydrogen) atoms. The van der Waals surface area contributed by atoms with Crippen molar-refractivity contribution in [3.63, 3.8) is 0 Å². The van der Waals surface area contributed by atoms with Gasteiger partial charge in [-0.3, -0.25) is 0 Å². The molecule has 0 spiro atoms. The van der Waals surface area contributed by atoms with E-state index >= 15 is 0 Å². The summed E-state index contributed by atoms with van der Waals surface area (Å²) in [6.45, 7) is 10.00. The third-order valence-corrected chi connectivity index (χ3v) is 4.27. The van der Waals surface area contributed by atoms with Gasteiger partial charge < -0.3 is 14.7 Å². The molecule has 1 heterocycles. The molecule has 2 N–H and O–H groups in total. The number of rotatable bonds is 5. The van der Waals surface area contributed by atoms with Crippen LogP contribution < -0.4 is 9.64 Å². The van der Waals surface area contributed by atoms with E-state index in [1.807, 2.05) is 19.1 Å². The second-order valence-electron chi connectivity index (χ2n) is 6.37. The van der Waals surface area contributed by atoms with Crippen molar-refractivity contribution in [3.8, 4) is 5.75 Å². The Morgan fingerprint density at radius 2 is 2.00 bits per heavy atom. The first-order valence-electron chi connectivity index (χ1n) is 7.76. The number of ether oxygens (including phenoxy) is 1. The highest BCUT2D eigenvalue weighted by Crippen LogP contribution is 2.18. The van der Waals surface area contributed by atoms with Gasteiger partial charge in [0.25, 0.3) is 0 Å². The molecule has 3 heteroatoms. The second-order valence-corrected chi connectivity index (χ2v) is 6.37. The summed E-state index contributed by atoms with van der Waals surface area (Å²) in [7, 11) is 0. The van der Waals surface area contributed by atoms with E-state index in [2.05, 4.69) is 19.9 Å². The third-order valence-electron chi connectivity index (χ3n) is 4.27. The standard InChI is InChI=1S/C17H27NO2/c1-13-6-8-18(9-7-13)11-16(19)12-20-17-5-4-14(2)10-15(17)3/h4-5,10,13,16,19H,6-9,11-12H2,1-3H3/p+1/t16-/m1/s1. The molecule has 0 unspecified atom stereocenters. The Kier molecular flexibility index (Phi) is 5.44. The fraction of sp³-hybridized carbons (Fsp3) is 0.647. The van der Waals surface area contributed by atoms with Crippen molar-refractivity contribution < 1.29 is 14.7 Å². The molecule has 1 aliphatic rings. The van der Waals surface area contributed by atoms with Crippen LogP contribution in [0.4, 0.5) is 0 Å². The Balaban J connectivity index is 1.76. The zero-order valence-electron chi connectivity index (χ0n) is 13.0. The van der Waals surface area contributed by atoms with Crippen LogP contribution >= 0.6 is 0 Å². The van der Waals surface area contributed by atoms with E-state index < -0.39 is 0 Å². The van der Waals surface area contributed by atoms with Crippen LogP contribution in [0, 0.1) is 19.8 Å². The molecule has 112 valence electrons. The minimum absolute atomic E-state index is 0.376. The van der Waals surface area contributed by atoms with E-state index in [4.69, 9.17) is 4.74 Å². The molecule has 0 aliphatic carbocycles. The average molecular weight is 278 g/mol. The monoisotopic (exact) mass is 278 g/mol. The zero-order chi connectivity index (χ0) is 14.5. The Morgan fingerprint density at radius 1 is 1.30 bits per heavy atom. The molecule has 1 fully saturated rings. The van der Waals surface area contributed by atoms with Gasteiger partial charge in [0.2, 0.25) is 0 Å². The van der Waals surface area contributed by atoms with Crippen molar-refractivity contribution in [1.82, 2.24) is 0 Å². The van der Waals surface area contributed by atoms with Gasteiger partial charge in [-0.1, -0.05) is 24.6 Å². The van der Waals surface area contributed by atoms with Crippen LogP contribution in [0.3, 0.4) is 0 Å². The maximum Gasteiger partial charge on any atom is 0.137 e. The van der Waals surface area contributed by atoms with Crippen LogP contribution in [-0.4, -0.2) is 37.5 Å². The highest BCUT2D eigenvalue weighted by Gasteiger charge is 2.21. The lowest BCUT2D eigenvalue weighted by Gasteiger charge is -2.28. The number of benzene rings is 1. The predicted octanol–water partition coefficient (Wildman–Crippen LogP) is 1.36. The molecule has 2 rings (SSSR count). The Morgan fingerprint density at radius 3 is 2.65 bits per heavy atom. The summed E-state index contributed by atoms with van der Waals surface area (Å²) < 4.78 is 5.75. The van der Waals surface area contributed by atoms with E-state index in [1.165, 1.54) is 36.4 Å². The van der Waals surface area contributed by atoms with E-state index in [0.29, 0.717) is 6.61 Å². The molecule has 3 nitrogen and oxygen atoms in total. The third kappa shape index (κ3) is 4.50. The van der Waals surface area contributed by atoms with Crippen molar-refractivity contribution >= 4 is 0 Å². The number of piperidine rings is 1. The SMILES string of the molecule is Cc1ccc(OC[C@H](O)C[NH+]2CCC(C)CC2)c(C)c1. The first-order chi connectivity index (χ1) is 9.54. The number of quaternary nitrogens is 1. The van der Waals surface area contributed by atoms with Gasteiger partial charge in [-0.05, 0) is 44.2 Å². The largest absolute Gasteiger partial charge is 0.490 e. The summed E-state index contributed by atoms with van der Waals surface area (Å²) >= 11 is 0. The molecule has 1 saturated heterocycles. The summed E-state index contributed by atoms with van der Waals surface area (Å²) in [5.41, 5.74) is 2.37. The smallest absolute Gasteiger partial charge is 0.137 e. The number of hydrogen-bond acceptors (Lipinski definition) is 2. The molecular formula is C17H28NO2+. The van der Waals surface area contributed by atoms with E-state index in [9.17, 15) is 5.11 Å². The first-order valence-corrected chi connectivity index (χ1v) is 7.76. The van der Waals surface area contributed by atoms with Crippen LogP contribution in [0.1, 0.15) is 30.9 Å². The van der Waals surface area contributed by atoms with E-state index in [-0.39, 0.29) is 6.10 Å². The minimum atomic E-state index is -0.376. The van der Waals surface area contributed by atoms with Crippen LogP contribution in [0.15, 0.2) is 18.2 Å². The molecular weight excluding hydrogens is 250 g/mol. The van der Waals surface area contributed by atoms with Crippen molar-refractivity contribution in [3.05, 3.63) is 29.3 Å². The molecule has 1 aliphatic heterocycles. The number of likely N-dealkylation sites (tertiary alicyclic amines) is 1. The van der Waals surface area contributed by atoms with Gasteiger partial charge in [0.15, 0.2) is 0 Å². The lowest BCUT2D eigenvalue weighted by Crippen LogP contribution is -3.14. The normalized spacial score (nSPS) is 24.4. The van der Waals surface area contributed by atoms with Crippen molar-refractivity contribution in [1.29, 1.82) is 0 Å². The van der Waals surface area contributed by atoms with Crippen molar-refractivity contribution in [2.24, 2.45) is 5.92 Å². The summed E-state index contributed by atoms with van der Waals surface area (Å²) in [4.78, 5) is 1.51. The summed E-state index contributed by atoms with van der Waals surface area (Å²) in [6.07, 6.45) is 2.18. The second kappa shape index (κ2) is 7.09. The molecule has 0 saturated carbocycles. The fourth-order valence-electron chi connectivity index (χ4n) is 2.91. The Labute approximate surface area is 122 Å². The van der Waals surface area contributed by atoms with Crippen LogP contribution in [0.5, 0.6) is 5.75 Å². The Bertz CT molecular complexity index is 425. The zero-order valence-corrected chi connectivity index (χ0v) is 13.0. The lowest BCUT2D eigenvalue weighted by molar-refractivity contribution is -0.909. The molecule has 0 radical (unpaired) electrons. The van der Waals surface area contributed by atoms with Gasteiger partial charge in [0.1, 0.15) is 25.0 Å². The van der Waals surface area contributed by atoms with Gasteiger partial charge in [-0.2, -0.15) is 0 Å². The molecule has 1 aromatic carbocycles.